The molecule has 0 saturated carbocycles. The standard InChI is InChI=1S/C25H21F6N5O6/c26-24(27,28)19-18(42-21(34-19)14-4-2-1-3-5-14)20(39)33-15-6-7-16(32-13-15)35-8-10-36(11-9-35)22(40)23(41,12-17(37)38)25(29,30)31/h1-7,13,41H,8-12H2,(H,33,39)(H,37,38). The lowest BCUT2D eigenvalue weighted by atomic mass is 9.96. The van der Waals surface area contributed by atoms with Crippen LogP contribution in [0.2, 0.25) is 0 Å². The van der Waals surface area contributed by atoms with Gasteiger partial charge in [0.15, 0.2) is 5.69 Å². The highest BCUT2D eigenvalue weighted by atomic mass is 19.4. The Balaban J connectivity index is 1.42. The molecule has 3 N–H and O–H groups in total. The fourth-order valence-corrected chi connectivity index (χ4v) is 4.12. The van der Waals surface area contributed by atoms with Gasteiger partial charge in [0.05, 0.1) is 18.3 Å². The molecule has 1 aliphatic heterocycles. The molecule has 1 unspecified atom stereocenters. The predicted molar refractivity (Wildman–Crippen MR) is 131 cm³/mol. The van der Waals surface area contributed by atoms with Gasteiger partial charge >= 0.3 is 18.3 Å². The van der Waals surface area contributed by atoms with Crippen molar-refractivity contribution in [1.29, 1.82) is 0 Å². The number of rotatable bonds is 7. The topological polar surface area (TPSA) is 149 Å². The summed E-state index contributed by atoms with van der Waals surface area (Å²) in [5, 5.41) is 20.9. The molecule has 2 aromatic heterocycles. The number of aliphatic carboxylic acids is 1. The molecule has 1 fully saturated rings. The number of carbonyl (C=O) groups is 3. The highest BCUT2D eigenvalue weighted by Gasteiger charge is 2.62. The highest BCUT2D eigenvalue weighted by molar-refractivity contribution is 6.03. The molecule has 1 atom stereocenters. The van der Waals surface area contributed by atoms with E-state index in [1.54, 1.807) is 23.1 Å². The van der Waals surface area contributed by atoms with Crippen LogP contribution in [0.5, 0.6) is 0 Å². The van der Waals surface area contributed by atoms with Crippen LogP contribution in [0.3, 0.4) is 0 Å². The maximum absolute atomic E-state index is 13.6. The Morgan fingerprint density at radius 3 is 2.12 bits per heavy atom. The Morgan fingerprint density at radius 2 is 1.60 bits per heavy atom. The second-order valence-electron chi connectivity index (χ2n) is 9.13. The van der Waals surface area contributed by atoms with Crippen molar-refractivity contribution in [3.63, 3.8) is 0 Å². The summed E-state index contributed by atoms with van der Waals surface area (Å²) in [6.45, 7) is -0.680. The minimum atomic E-state index is -5.52. The quantitative estimate of drug-likeness (QED) is 0.347. The molecule has 0 bridgehead atoms. The van der Waals surface area contributed by atoms with Crippen LogP contribution >= 0.6 is 0 Å². The lowest BCUT2D eigenvalue weighted by Crippen LogP contribution is -2.62. The van der Waals surface area contributed by atoms with Crippen LogP contribution in [0.1, 0.15) is 22.7 Å². The Bertz CT molecular complexity index is 1450. The van der Waals surface area contributed by atoms with Crippen molar-refractivity contribution in [3.8, 4) is 11.5 Å². The molecule has 0 radical (unpaired) electrons. The van der Waals surface area contributed by atoms with Crippen LogP contribution in [0.15, 0.2) is 53.1 Å². The summed E-state index contributed by atoms with van der Waals surface area (Å²) < 4.78 is 85.8. The normalized spacial score (nSPS) is 15.7. The third kappa shape index (κ3) is 6.29. The van der Waals surface area contributed by atoms with E-state index in [1.165, 1.54) is 24.3 Å². The van der Waals surface area contributed by atoms with E-state index in [-0.39, 0.29) is 43.2 Å². The maximum atomic E-state index is 13.6. The lowest BCUT2D eigenvalue weighted by Gasteiger charge is -2.39. The van der Waals surface area contributed by atoms with Crippen LogP contribution in [-0.2, 0) is 15.8 Å². The highest BCUT2D eigenvalue weighted by Crippen LogP contribution is 2.36. The number of nitrogens with zero attached hydrogens (tertiary/aromatic N) is 4. The monoisotopic (exact) mass is 601 g/mol. The number of carbonyl (C=O) groups excluding carboxylic acids is 2. The van der Waals surface area contributed by atoms with Gasteiger partial charge in [0.1, 0.15) is 5.82 Å². The molecular formula is C25H21F6N5O6. The van der Waals surface area contributed by atoms with E-state index in [0.29, 0.717) is 4.90 Å². The number of halogens is 6. The fraction of sp³-hybridized carbons (Fsp3) is 0.320. The zero-order valence-corrected chi connectivity index (χ0v) is 21.2. The van der Waals surface area contributed by atoms with Gasteiger partial charge in [-0.3, -0.25) is 14.4 Å². The lowest BCUT2D eigenvalue weighted by molar-refractivity contribution is -0.258. The van der Waals surface area contributed by atoms with Gasteiger partial charge < -0.3 is 29.7 Å². The molecule has 3 aromatic rings. The molecule has 2 amide bonds. The molecule has 0 spiro atoms. The first-order valence-corrected chi connectivity index (χ1v) is 12.1. The molecule has 42 heavy (non-hydrogen) atoms. The number of hydrogen-bond acceptors (Lipinski definition) is 8. The van der Waals surface area contributed by atoms with E-state index in [9.17, 15) is 45.8 Å². The number of nitrogens with one attached hydrogen (secondary N) is 1. The third-order valence-corrected chi connectivity index (χ3v) is 6.25. The van der Waals surface area contributed by atoms with Gasteiger partial charge in [-0.05, 0) is 24.3 Å². The Kier molecular flexibility index (Phi) is 8.15. The van der Waals surface area contributed by atoms with Crippen molar-refractivity contribution < 1.29 is 55.4 Å². The number of oxazole rings is 1. The summed E-state index contributed by atoms with van der Waals surface area (Å²) in [6, 6.07) is 10.4. The smallest absolute Gasteiger partial charge is 0.437 e. The van der Waals surface area contributed by atoms with E-state index >= 15 is 0 Å². The number of carboxylic acids is 1. The number of pyridine rings is 1. The summed E-state index contributed by atoms with van der Waals surface area (Å²) in [5.74, 6) is -6.24. The van der Waals surface area contributed by atoms with Gasteiger partial charge in [-0.2, -0.15) is 26.3 Å². The Labute approximate surface area is 232 Å². The number of alkyl halides is 6. The Morgan fingerprint density at radius 1 is 0.952 bits per heavy atom. The van der Waals surface area contributed by atoms with Gasteiger partial charge in [0, 0.05) is 31.7 Å². The van der Waals surface area contributed by atoms with Crippen molar-refractivity contribution in [2.24, 2.45) is 0 Å². The van der Waals surface area contributed by atoms with E-state index < -0.39 is 59.5 Å². The summed E-state index contributed by atoms with van der Waals surface area (Å²) in [5.41, 5.74) is -5.39. The average Bonchev–Trinajstić information content (AvgIpc) is 3.40. The van der Waals surface area contributed by atoms with Gasteiger partial charge in [-0.1, -0.05) is 18.2 Å². The van der Waals surface area contributed by atoms with Gasteiger partial charge in [0.25, 0.3) is 11.8 Å². The SMILES string of the molecule is O=C(O)CC(O)(C(=O)N1CCN(c2ccc(NC(=O)c3oc(-c4ccccc4)nc3C(F)(F)F)cn2)CC1)C(F)(F)F. The van der Waals surface area contributed by atoms with Crippen molar-refractivity contribution in [1.82, 2.24) is 14.9 Å². The summed E-state index contributed by atoms with van der Waals surface area (Å²) in [7, 11) is 0. The zero-order chi connectivity index (χ0) is 30.9. The van der Waals surface area contributed by atoms with E-state index in [1.807, 2.05) is 0 Å². The molecular weight excluding hydrogens is 580 g/mol. The van der Waals surface area contributed by atoms with Gasteiger partial charge in [-0.15, -0.1) is 0 Å². The van der Waals surface area contributed by atoms with Crippen molar-refractivity contribution >= 4 is 29.3 Å². The summed E-state index contributed by atoms with van der Waals surface area (Å²) in [4.78, 5) is 45.7. The maximum Gasteiger partial charge on any atom is 0.437 e. The summed E-state index contributed by atoms with van der Waals surface area (Å²) in [6.07, 6.45) is -11.2. The summed E-state index contributed by atoms with van der Waals surface area (Å²) >= 11 is 0. The average molecular weight is 601 g/mol. The van der Waals surface area contributed by atoms with Crippen LogP contribution in [0.25, 0.3) is 11.5 Å². The molecule has 224 valence electrons. The van der Waals surface area contributed by atoms with Crippen LogP contribution in [0, 0.1) is 0 Å². The second-order valence-corrected chi connectivity index (χ2v) is 9.13. The molecule has 0 aliphatic carbocycles. The van der Waals surface area contributed by atoms with Gasteiger partial charge in [0.2, 0.25) is 17.3 Å². The minimum Gasteiger partial charge on any atom is -0.481 e. The van der Waals surface area contributed by atoms with E-state index in [0.717, 1.165) is 6.20 Å². The van der Waals surface area contributed by atoms with Gasteiger partial charge in [-0.25, -0.2) is 9.97 Å². The number of benzene rings is 1. The molecule has 3 heterocycles. The number of anilines is 2. The van der Waals surface area contributed by atoms with Crippen molar-refractivity contribution in [3.05, 3.63) is 60.1 Å². The number of amides is 2. The molecule has 1 aliphatic rings. The van der Waals surface area contributed by atoms with Crippen molar-refractivity contribution in [2.75, 3.05) is 36.4 Å². The van der Waals surface area contributed by atoms with Crippen molar-refractivity contribution in [2.45, 2.75) is 24.4 Å². The first-order valence-electron chi connectivity index (χ1n) is 12.1. The largest absolute Gasteiger partial charge is 0.481 e. The number of aliphatic hydroxyl groups is 1. The second kappa shape index (κ2) is 11.3. The number of carboxylic acid groups (broad SMARTS) is 1. The molecule has 17 heteroatoms. The molecule has 11 nitrogen and oxygen atoms in total. The predicted octanol–water partition coefficient (Wildman–Crippen LogP) is 3.42. The minimum absolute atomic E-state index is 0.00717. The van der Waals surface area contributed by atoms with E-state index in [2.05, 4.69) is 15.3 Å². The number of piperazine rings is 1. The molecule has 4 rings (SSSR count). The van der Waals surface area contributed by atoms with Crippen LogP contribution in [-0.4, -0.2) is 80.8 Å². The molecule has 1 aromatic carbocycles. The first kappa shape index (κ1) is 30.3. The zero-order valence-electron chi connectivity index (χ0n) is 21.2. The Hall–Kier alpha value is -4.67. The fourth-order valence-electron chi connectivity index (χ4n) is 4.12. The van der Waals surface area contributed by atoms with E-state index in [4.69, 9.17) is 9.52 Å². The van der Waals surface area contributed by atoms with Crippen LogP contribution < -0.4 is 10.2 Å². The molecule has 1 saturated heterocycles. The first-order chi connectivity index (χ1) is 19.6. The number of hydrogen-bond donors (Lipinski definition) is 3. The third-order valence-electron chi connectivity index (χ3n) is 6.25. The van der Waals surface area contributed by atoms with Crippen LogP contribution in [0.4, 0.5) is 37.8 Å². The number of aromatic nitrogens is 2.